The van der Waals surface area contributed by atoms with Gasteiger partial charge in [-0.25, -0.2) is 0 Å². The zero-order chi connectivity index (χ0) is 16.0. The molecule has 0 aliphatic heterocycles. The van der Waals surface area contributed by atoms with E-state index >= 15 is 0 Å². The maximum Gasteiger partial charge on any atom is 0.279 e. The fourth-order valence-corrected chi connectivity index (χ4v) is 4.17. The van der Waals surface area contributed by atoms with Gasteiger partial charge in [-0.3, -0.25) is 0 Å². The lowest BCUT2D eigenvalue weighted by molar-refractivity contribution is 0.411. The van der Waals surface area contributed by atoms with Gasteiger partial charge >= 0.3 is 0 Å². The minimum absolute atomic E-state index is 0.0188. The predicted molar refractivity (Wildman–Crippen MR) is 86.2 cm³/mol. The van der Waals surface area contributed by atoms with E-state index in [1.54, 1.807) is 0 Å². The molecule has 6 heteroatoms. The van der Waals surface area contributed by atoms with Crippen molar-refractivity contribution in [1.82, 2.24) is 9.03 Å². The number of nitriles is 1. The van der Waals surface area contributed by atoms with Crippen LogP contribution in [0.2, 0.25) is 0 Å². The van der Waals surface area contributed by atoms with Gasteiger partial charge in [0.25, 0.3) is 10.2 Å². The molecule has 1 N–H and O–H groups in total. The van der Waals surface area contributed by atoms with Crippen molar-refractivity contribution in [3.63, 3.8) is 0 Å². The van der Waals surface area contributed by atoms with Crippen LogP contribution in [-0.2, 0) is 16.6 Å². The molecule has 1 fully saturated rings. The first-order valence-corrected chi connectivity index (χ1v) is 9.11. The lowest BCUT2D eigenvalue weighted by Gasteiger charge is -2.24. The van der Waals surface area contributed by atoms with E-state index in [0.717, 1.165) is 25.7 Å². The molecular formula is C16H23N3O2S. The van der Waals surface area contributed by atoms with Gasteiger partial charge in [0.05, 0.1) is 6.07 Å². The second-order valence-electron chi connectivity index (χ2n) is 5.84. The largest absolute Gasteiger partial charge is 0.279 e. The van der Waals surface area contributed by atoms with Crippen molar-refractivity contribution in [2.24, 2.45) is 5.92 Å². The second-order valence-corrected chi connectivity index (χ2v) is 7.65. The van der Waals surface area contributed by atoms with Crippen molar-refractivity contribution in [2.75, 3.05) is 13.6 Å². The molecule has 0 amide bonds. The van der Waals surface area contributed by atoms with Crippen molar-refractivity contribution in [3.05, 3.63) is 35.9 Å². The molecule has 0 heterocycles. The van der Waals surface area contributed by atoms with Crippen molar-refractivity contribution < 1.29 is 8.42 Å². The Labute approximate surface area is 133 Å². The van der Waals surface area contributed by atoms with E-state index < -0.39 is 10.2 Å². The first-order valence-electron chi connectivity index (χ1n) is 7.67. The summed E-state index contributed by atoms with van der Waals surface area (Å²) in [6.07, 6.45) is 4.07. The van der Waals surface area contributed by atoms with E-state index in [1.807, 2.05) is 24.3 Å². The number of hydrogen-bond acceptors (Lipinski definition) is 3. The first-order chi connectivity index (χ1) is 10.5. The summed E-state index contributed by atoms with van der Waals surface area (Å²) in [7, 11) is -1.99. The van der Waals surface area contributed by atoms with E-state index in [4.69, 9.17) is 5.26 Å². The molecule has 2 atom stereocenters. The number of nitrogens with zero attached hydrogens (tertiary/aromatic N) is 2. The van der Waals surface area contributed by atoms with Crippen LogP contribution in [0.5, 0.6) is 0 Å². The highest BCUT2D eigenvalue weighted by Gasteiger charge is 2.32. The topological polar surface area (TPSA) is 73.2 Å². The number of benzene rings is 1. The van der Waals surface area contributed by atoms with Gasteiger partial charge in [-0.2, -0.15) is 22.7 Å². The Kier molecular flexibility index (Phi) is 5.95. The first kappa shape index (κ1) is 16.9. The van der Waals surface area contributed by atoms with Gasteiger partial charge in [-0.05, 0) is 30.7 Å². The van der Waals surface area contributed by atoms with Gasteiger partial charge in [0, 0.05) is 26.1 Å². The molecular weight excluding hydrogens is 298 g/mol. The molecule has 0 spiro atoms. The molecule has 1 aromatic rings. The highest BCUT2D eigenvalue weighted by molar-refractivity contribution is 7.87. The van der Waals surface area contributed by atoms with Crippen LogP contribution < -0.4 is 4.72 Å². The van der Waals surface area contributed by atoms with Crippen LogP contribution in [0.15, 0.2) is 30.3 Å². The third kappa shape index (κ3) is 4.54. The maximum absolute atomic E-state index is 12.3. The molecule has 0 saturated heterocycles. The highest BCUT2D eigenvalue weighted by atomic mass is 32.2. The monoisotopic (exact) mass is 321 g/mol. The summed E-state index contributed by atoms with van der Waals surface area (Å²) < 4.78 is 28.6. The van der Waals surface area contributed by atoms with Crippen LogP contribution in [0.4, 0.5) is 0 Å². The van der Waals surface area contributed by atoms with Gasteiger partial charge in [-0.1, -0.05) is 36.8 Å². The molecule has 1 aliphatic rings. The normalized spacial score (nSPS) is 21.9. The third-order valence-electron chi connectivity index (χ3n) is 4.25. The minimum Gasteiger partial charge on any atom is -0.199 e. The van der Waals surface area contributed by atoms with E-state index in [0.29, 0.717) is 5.92 Å². The van der Waals surface area contributed by atoms with Gasteiger partial charge in [0.15, 0.2) is 0 Å². The van der Waals surface area contributed by atoms with Gasteiger partial charge in [0.2, 0.25) is 0 Å². The Balaban J connectivity index is 1.97. The van der Waals surface area contributed by atoms with E-state index in [-0.39, 0.29) is 19.0 Å². The van der Waals surface area contributed by atoms with Crippen LogP contribution in [0.3, 0.4) is 0 Å². The fourth-order valence-electron chi connectivity index (χ4n) is 2.96. The lowest BCUT2D eigenvalue weighted by atomic mass is 9.95. The summed E-state index contributed by atoms with van der Waals surface area (Å²) in [4.78, 5) is 0. The molecule has 0 bridgehead atoms. The van der Waals surface area contributed by atoms with Crippen LogP contribution in [-0.4, -0.2) is 32.4 Å². The smallest absolute Gasteiger partial charge is 0.199 e. The summed E-state index contributed by atoms with van der Waals surface area (Å²) in [6.45, 7) is 0.224. The van der Waals surface area contributed by atoms with Crippen LogP contribution in [0.1, 0.15) is 31.2 Å². The minimum atomic E-state index is -3.51. The standard InChI is InChI=1S/C16H23N3O2S/c1-19(12-6-11-17)22(20,21)18-16-10-5-9-15(16)13-14-7-3-2-4-8-14/h2-4,7-8,15-16,18H,5-6,9-10,12-13H2,1H3/t15-,16-/m0/s1. The van der Waals surface area contributed by atoms with Crippen LogP contribution >= 0.6 is 0 Å². The zero-order valence-electron chi connectivity index (χ0n) is 12.9. The molecule has 0 radical (unpaired) electrons. The summed E-state index contributed by atoms with van der Waals surface area (Å²) in [5.74, 6) is 0.335. The molecule has 5 nitrogen and oxygen atoms in total. The van der Waals surface area contributed by atoms with Gasteiger partial charge in [-0.15, -0.1) is 0 Å². The summed E-state index contributed by atoms with van der Waals surface area (Å²) in [6, 6.07) is 12.1. The predicted octanol–water partition coefficient (Wildman–Crippen LogP) is 2.08. The van der Waals surface area contributed by atoms with Crippen LogP contribution in [0, 0.1) is 17.2 Å². The summed E-state index contributed by atoms with van der Waals surface area (Å²) in [5, 5.41) is 8.58. The summed E-state index contributed by atoms with van der Waals surface area (Å²) in [5.41, 5.74) is 1.25. The van der Waals surface area contributed by atoms with E-state index in [9.17, 15) is 8.42 Å². The Hall–Kier alpha value is -1.42. The average Bonchev–Trinajstić information content (AvgIpc) is 2.92. The Morgan fingerprint density at radius 2 is 2.05 bits per heavy atom. The van der Waals surface area contributed by atoms with Crippen molar-refractivity contribution in [1.29, 1.82) is 5.26 Å². The quantitative estimate of drug-likeness (QED) is 0.835. The van der Waals surface area contributed by atoms with Crippen LogP contribution in [0.25, 0.3) is 0 Å². The van der Waals surface area contributed by atoms with Gasteiger partial charge in [0.1, 0.15) is 0 Å². The van der Waals surface area contributed by atoms with Crippen molar-refractivity contribution >= 4 is 10.2 Å². The summed E-state index contributed by atoms with van der Waals surface area (Å²) >= 11 is 0. The molecule has 1 aromatic carbocycles. The number of hydrogen-bond donors (Lipinski definition) is 1. The van der Waals surface area contributed by atoms with Gasteiger partial charge < -0.3 is 0 Å². The molecule has 22 heavy (non-hydrogen) atoms. The SMILES string of the molecule is CN(CCC#N)S(=O)(=O)N[C@H]1CCC[C@H]1Cc1ccccc1. The highest BCUT2D eigenvalue weighted by Crippen LogP contribution is 2.29. The Bertz CT molecular complexity index is 610. The molecule has 0 unspecified atom stereocenters. The number of nitrogens with one attached hydrogen (secondary N) is 1. The molecule has 0 aromatic heterocycles. The van der Waals surface area contributed by atoms with Crippen molar-refractivity contribution in [3.8, 4) is 6.07 Å². The molecule has 2 rings (SSSR count). The van der Waals surface area contributed by atoms with E-state index in [1.165, 1.54) is 16.9 Å². The zero-order valence-corrected chi connectivity index (χ0v) is 13.7. The Morgan fingerprint density at radius 1 is 1.32 bits per heavy atom. The molecule has 120 valence electrons. The van der Waals surface area contributed by atoms with Crippen molar-refractivity contribution in [2.45, 2.75) is 38.1 Å². The maximum atomic E-state index is 12.3. The fraction of sp³-hybridized carbons (Fsp3) is 0.562. The second kappa shape index (κ2) is 7.73. The van der Waals surface area contributed by atoms with E-state index in [2.05, 4.69) is 16.9 Å². The Morgan fingerprint density at radius 3 is 2.73 bits per heavy atom. The third-order valence-corrected chi connectivity index (χ3v) is 5.85. The molecule has 1 aliphatic carbocycles. The molecule has 1 saturated carbocycles. The number of rotatable bonds is 7. The lowest BCUT2D eigenvalue weighted by Crippen LogP contribution is -2.45. The average molecular weight is 321 g/mol.